The van der Waals surface area contributed by atoms with Gasteiger partial charge in [0, 0.05) is 12.7 Å². The Morgan fingerprint density at radius 2 is 1.65 bits per heavy atom. The first-order valence-corrected chi connectivity index (χ1v) is 8.31. The lowest BCUT2D eigenvalue weighted by Gasteiger charge is -2.17. The van der Waals surface area contributed by atoms with Crippen molar-refractivity contribution in [1.82, 2.24) is 10.2 Å². The third kappa shape index (κ3) is 4.80. The number of nitrogens with one attached hydrogen (secondary N) is 1. The SMILES string of the molecule is CN(CCOc1ccccc1)c1ccc(C(=O)Nc2ccccc2)nn1. The van der Waals surface area contributed by atoms with Crippen LogP contribution in [0.1, 0.15) is 10.5 Å². The van der Waals surface area contributed by atoms with E-state index in [-0.39, 0.29) is 11.6 Å². The summed E-state index contributed by atoms with van der Waals surface area (Å²) in [6.45, 7) is 1.18. The molecule has 1 aromatic heterocycles. The van der Waals surface area contributed by atoms with Crippen molar-refractivity contribution >= 4 is 17.4 Å². The summed E-state index contributed by atoms with van der Waals surface area (Å²) < 4.78 is 5.67. The van der Waals surface area contributed by atoms with Crippen LogP contribution in [0.5, 0.6) is 5.75 Å². The first kappa shape index (κ1) is 17.4. The highest BCUT2D eigenvalue weighted by molar-refractivity contribution is 6.02. The fourth-order valence-corrected chi connectivity index (χ4v) is 2.30. The zero-order chi connectivity index (χ0) is 18.2. The number of amides is 1. The smallest absolute Gasteiger partial charge is 0.276 e. The summed E-state index contributed by atoms with van der Waals surface area (Å²) in [7, 11) is 1.90. The highest BCUT2D eigenvalue weighted by Gasteiger charge is 2.10. The molecule has 0 aliphatic heterocycles. The lowest BCUT2D eigenvalue weighted by molar-refractivity contribution is 0.102. The molecule has 0 radical (unpaired) electrons. The van der Waals surface area contributed by atoms with Gasteiger partial charge in [-0.05, 0) is 36.4 Å². The molecule has 0 spiro atoms. The van der Waals surface area contributed by atoms with Crippen LogP contribution in [-0.4, -0.2) is 36.3 Å². The highest BCUT2D eigenvalue weighted by atomic mass is 16.5. The van der Waals surface area contributed by atoms with Crippen LogP contribution in [0.15, 0.2) is 72.8 Å². The van der Waals surface area contributed by atoms with Crippen molar-refractivity contribution in [1.29, 1.82) is 0 Å². The van der Waals surface area contributed by atoms with Crippen LogP contribution in [0.25, 0.3) is 0 Å². The van der Waals surface area contributed by atoms with Gasteiger partial charge in [0.15, 0.2) is 11.5 Å². The van der Waals surface area contributed by atoms with Gasteiger partial charge in [0.2, 0.25) is 0 Å². The Morgan fingerprint density at radius 3 is 2.31 bits per heavy atom. The molecule has 0 unspecified atom stereocenters. The molecular weight excluding hydrogens is 328 g/mol. The van der Waals surface area contributed by atoms with Crippen LogP contribution in [0.2, 0.25) is 0 Å². The van der Waals surface area contributed by atoms with Crippen molar-refractivity contribution in [3.63, 3.8) is 0 Å². The van der Waals surface area contributed by atoms with Crippen molar-refractivity contribution in [2.75, 3.05) is 30.4 Å². The molecule has 1 N–H and O–H groups in total. The number of rotatable bonds is 7. The van der Waals surface area contributed by atoms with Crippen molar-refractivity contribution in [3.8, 4) is 5.75 Å². The number of hydrogen-bond donors (Lipinski definition) is 1. The quantitative estimate of drug-likeness (QED) is 0.710. The summed E-state index contributed by atoms with van der Waals surface area (Å²) in [4.78, 5) is 14.1. The number of hydrogen-bond acceptors (Lipinski definition) is 5. The molecule has 1 heterocycles. The van der Waals surface area contributed by atoms with Gasteiger partial charge >= 0.3 is 0 Å². The normalized spacial score (nSPS) is 10.2. The number of para-hydroxylation sites is 2. The molecule has 6 heteroatoms. The number of nitrogens with zero attached hydrogens (tertiary/aromatic N) is 3. The van der Waals surface area contributed by atoms with E-state index in [4.69, 9.17) is 4.74 Å². The maximum atomic E-state index is 12.2. The summed E-state index contributed by atoms with van der Waals surface area (Å²) in [6.07, 6.45) is 0. The number of carbonyl (C=O) groups is 1. The third-order valence-corrected chi connectivity index (χ3v) is 3.74. The minimum atomic E-state index is -0.287. The van der Waals surface area contributed by atoms with Gasteiger partial charge in [-0.25, -0.2) is 0 Å². The fraction of sp³-hybridized carbons (Fsp3) is 0.150. The van der Waals surface area contributed by atoms with Crippen molar-refractivity contribution in [3.05, 3.63) is 78.5 Å². The Balaban J connectivity index is 1.52. The van der Waals surface area contributed by atoms with Crippen LogP contribution >= 0.6 is 0 Å². The Kier molecular flexibility index (Phi) is 5.77. The van der Waals surface area contributed by atoms with E-state index in [0.29, 0.717) is 19.0 Å². The molecular formula is C20H20N4O2. The molecule has 0 bridgehead atoms. The van der Waals surface area contributed by atoms with Crippen molar-refractivity contribution in [2.24, 2.45) is 0 Å². The van der Waals surface area contributed by atoms with E-state index in [1.54, 1.807) is 12.1 Å². The maximum Gasteiger partial charge on any atom is 0.276 e. The lowest BCUT2D eigenvalue weighted by atomic mass is 10.3. The average Bonchev–Trinajstić information content (AvgIpc) is 2.69. The molecule has 6 nitrogen and oxygen atoms in total. The number of likely N-dealkylation sites (N-methyl/N-ethyl adjacent to an activating group) is 1. The average molecular weight is 348 g/mol. The summed E-state index contributed by atoms with van der Waals surface area (Å²) in [5.74, 6) is 1.23. The monoisotopic (exact) mass is 348 g/mol. The fourth-order valence-electron chi connectivity index (χ4n) is 2.30. The van der Waals surface area contributed by atoms with E-state index in [0.717, 1.165) is 11.4 Å². The zero-order valence-corrected chi connectivity index (χ0v) is 14.5. The van der Waals surface area contributed by atoms with Crippen molar-refractivity contribution in [2.45, 2.75) is 0 Å². The van der Waals surface area contributed by atoms with Crippen LogP contribution in [0, 0.1) is 0 Å². The molecule has 3 aromatic rings. The molecule has 1 amide bonds. The second-order valence-electron chi connectivity index (χ2n) is 5.68. The first-order chi connectivity index (χ1) is 12.7. The molecule has 0 aliphatic rings. The van der Waals surface area contributed by atoms with E-state index < -0.39 is 0 Å². The summed E-state index contributed by atoms with van der Waals surface area (Å²) >= 11 is 0. The van der Waals surface area contributed by atoms with E-state index >= 15 is 0 Å². The van der Waals surface area contributed by atoms with Crippen LogP contribution in [0.3, 0.4) is 0 Å². The van der Waals surface area contributed by atoms with Crippen LogP contribution in [0.4, 0.5) is 11.5 Å². The molecule has 26 heavy (non-hydrogen) atoms. The van der Waals surface area contributed by atoms with Gasteiger partial charge in [0.1, 0.15) is 12.4 Å². The Labute approximate surface area is 152 Å². The number of ether oxygens (including phenoxy) is 1. The van der Waals surface area contributed by atoms with E-state index in [2.05, 4.69) is 15.5 Å². The van der Waals surface area contributed by atoms with Crippen LogP contribution in [-0.2, 0) is 0 Å². The van der Waals surface area contributed by atoms with Gasteiger partial charge in [-0.15, -0.1) is 10.2 Å². The third-order valence-electron chi connectivity index (χ3n) is 3.74. The molecule has 0 fully saturated rings. The summed E-state index contributed by atoms with van der Waals surface area (Å²) in [5.41, 5.74) is 0.991. The number of benzene rings is 2. The Morgan fingerprint density at radius 1 is 0.962 bits per heavy atom. The van der Waals surface area contributed by atoms with Gasteiger partial charge in [0.25, 0.3) is 5.91 Å². The molecule has 0 aliphatic carbocycles. The van der Waals surface area contributed by atoms with Gasteiger partial charge in [0.05, 0.1) is 6.54 Å². The highest BCUT2D eigenvalue weighted by Crippen LogP contribution is 2.11. The minimum absolute atomic E-state index is 0.270. The second kappa shape index (κ2) is 8.62. The second-order valence-corrected chi connectivity index (χ2v) is 5.68. The largest absolute Gasteiger partial charge is 0.492 e. The summed E-state index contributed by atoms with van der Waals surface area (Å²) in [6, 6.07) is 22.3. The van der Waals surface area contributed by atoms with Crippen molar-refractivity contribution < 1.29 is 9.53 Å². The van der Waals surface area contributed by atoms with E-state index in [1.165, 1.54) is 0 Å². The molecule has 3 rings (SSSR count). The Bertz CT molecular complexity index is 823. The van der Waals surface area contributed by atoms with Gasteiger partial charge < -0.3 is 15.0 Å². The van der Waals surface area contributed by atoms with Crippen LogP contribution < -0.4 is 15.0 Å². The minimum Gasteiger partial charge on any atom is -0.492 e. The molecule has 132 valence electrons. The molecule has 0 saturated heterocycles. The first-order valence-electron chi connectivity index (χ1n) is 8.31. The predicted molar refractivity (Wildman–Crippen MR) is 102 cm³/mol. The molecule has 0 atom stereocenters. The van der Waals surface area contributed by atoms with Gasteiger partial charge in [-0.3, -0.25) is 4.79 Å². The van der Waals surface area contributed by atoms with E-state index in [9.17, 15) is 4.79 Å². The number of anilines is 2. The topological polar surface area (TPSA) is 67.3 Å². The molecule has 0 saturated carbocycles. The van der Waals surface area contributed by atoms with E-state index in [1.807, 2.05) is 72.6 Å². The molecule has 2 aromatic carbocycles. The number of carbonyl (C=O) groups excluding carboxylic acids is 1. The van der Waals surface area contributed by atoms with Gasteiger partial charge in [-0.1, -0.05) is 36.4 Å². The summed E-state index contributed by atoms with van der Waals surface area (Å²) in [5, 5.41) is 10.9. The maximum absolute atomic E-state index is 12.2. The Hall–Kier alpha value is -3.41. The van der Waals surface area contributed by atoms with Gasteiger partial charge in [-0.2, -0.15) is 0 Å². The standard InChI is InChI=1S/C20H20N4O2/c1-24(14-15-26-17-10-6-3-7-11-17)19-13-12-18(22-23-19)20(25)21-16-8-4-2-5-9-16/h2-13H,14-15H2,1H3,(H,21,25). The predicted octanol–water partition coefficient (Wildman–Crippen LogP) is 3.24. The lowest BCUT2D eigenvalue weighted by Crippen LogP contribution is -2.25. The zero-order valence-electron chi connectivity index (χ0n) is 14.5. The number of aromatic nitrogens is 2.